The van der Waals surface area contributed by atoms with Gasteiger partial charge in [0.1, 0.15) is 5.82 Å². The van der Waals surface area contributed by atoms with E-state index < -0.39 is 12.9 Å². The summed E-state index contributed by atoms with van der Waals surface area (Å²) in [4.78, 5) is 2.17. The van der Waals surface area contributed by atoms with E-state index in [9.17, 15) is 4.39 Å². The zero-order chi connectivity index (χ0) is 14.0. The third-order valence-electron chi connectivity index (χ3n) is 3.49. The summed E-state index contributed by atoms with van der Waals surface area (Å²) < 4.78 is 19.4. The Kier molecular flexibility index (Phi) is 4.57. The van der Waals surface area contributed by atoms with E-state index >= 15 is 0 Å². The summed E-state index contributed by atoms with van der Waals surface area (Å²) in [6, 6.07) is 4.57. The van der Waals surface area contributed by atoms with Crippen LogP contribution >= 0.6 is 0 Å². The van der Waals surface area contributed by atoms with Gasteiger partial charge < -0.3 is 14.8 Å². The first kappa shape index (κ1) is 14.5. The van der Waals surface area contributed by atoms with E-state index in [1.165, 1.54) is 12.1 Å². The molecule has 2 rings (SSSR count). The number of nitrogens with zero attached hydrogens (tertiary/aromatic N) is 1. The number of benzene rings is 1. The molecule has 4 nitrogen and oxygen atoms in total. The van der Waals surface area contributed by atoms with Gasteiger partial charge in [0.05, 0.1) is 12.7 Å². The van der Waals surface area contributed by atoms with Crippen molar-refractivity contribution < 1.29 is 19.2 Å². The predicted molar refractivity (Wildman–Crippen MR) is 71.5 cm³/mol. The molecule has 1 heterocycles. The third-order valence-corrected chi connectivity index (χ3v) is 3.49. The molecule has 1 saturated heterocycles. The highest BCUT2D eigenvalue weighted by atomic mass is 19.1. The molecule has 0 aromatic heterocycles. The summed E-state index contributed by atoms with van der Waals surface area (Å²) in [5.41, 5.74) is 0.731. The highest BCUT2D eigenvalue weighted by Crippen LogP contribution is 2.16. The maximum atomic E-state index is 13.9. The van der Waals surface area contributed by atoms with Gasteiger partial charge in [-0.25, -0.2) is 4.39 Å². The fourth-order valence-electron chi connectivity index (χ4n) is 2.26. The molecule has 0 spiro atoms. The number of hydrogen-bond donors (Lipinski definition) is 2. The molecule has 0 saturated carbocycles. The van der Waals surface area contributed by atoms with Crippen LogP contribution in [0, 0.1) is 5.82 Å². The predicted octanol–water partition coefficient (Wildman–Crippen LogP) is 0.115. The first-order valence-corrected chi connectivity index (χ1v) is 6.47. The molecule has 1 aliphatic heterocycles. The molecule has 1 aromatic carbocycles. The Morgan fingerprint density at radius 1 is 1.42 bits per heavy atom. The summed E-state index contributed by atoms with van der Waals surface area (Å²) in [5, 5.41) is 18.0. The van der Waals surface area contributed by atoms with Gasteiger partial charge in [-0.2, -0.15) is 0 Å². The number of morpholine rings is 1. The molecular formula is C13H19BFNO3. The van der Waals surface area contributed by atoms with Crippen molar-refractivity contribution in [3.05, 3.63) is 29.6 Å². The van der Waals surface area contributed by atoms with Crippen molar-refractivity contribution in [3.63, 3.8) is 0 Å². The minimum absolute atomic E-state index is 0.151. The molecule has 1 fully saturated rings. The SMILES string of the molecule is CC1CN(Cc2ccc(B(O)O)cc2F)C(C)CO1. The lowest BCUT2D eigenvalue weighted by molar-refractivity contribution is -0.0529. The molecule has 0 radical (unpaired) electrons. The average Bonchev–Trinajstić information content (AvgIpc) is 2.36. The van der Waals surface area contributed by atoms with E-state index in [1.54, 1.807) is 6.07 Å². The van der Waals surface area contributed by atoms with Crippen LogP contribution in [0.25, 0.3) is 0 Å². The van der Waals surface area contributed by atoms with E-state index in [-0.39, 0.29) is 17.6 Å². The monoisotopic (exact) mass is 267 g/mol. The van der Waals surface area contributed by atoms with Gasteiger partial charge in [-0.05, 0) is 25.4 Å². The first-order chi connectivity index (χ1) is 8.97. The van der Waals surface area contributed by atoms with Gasteiger partial charge in [-0.3, -0.25) is 4.90 Å². The number of halogens is 1. The van der Waals surface area contributed by atoms with Gasteiger partial charge in [0.25, 0.3) is 0 Å². The van der Waals surface area contributed by atoms with Crippen LogP contribution < -0.4 is 5.46 Å². The van der Waals surface area contributed by atoms with E-state index in [0.29, 0.717) is 18.7 Å². The Hall–Kier alpha value is -0.945. The second kappa shape index (κ2) is 6.01. The van der Waals surface area contributed by atoms with E-state index in [4.69, 9.17) is 14.8 Å². The largest absolute Gasteiger partial charge is 0.488 e. The molecule has 2 N–H and O–H groups in total. The van der Waals surface area contributed by atoms with Crippen LogP contribution in [0.1, 0.15) is 19.4 Å². The topological polar surface area (TPSA) is 52.9 Å². The van der Waals surface area contributed by atoms with Crippen LogP contribution in [0.3, 0.4) is 0 Å². The number of rotatable bonds is 3. The van der Waals surface area contributed by atoms with Gasteiger partial charge in [0.15, 0.2) is 0 Å². The lowest BCUT2D eigenvalue weighted by atomic mass is 9.80. The van der Waals surface area contributed by atoms with E-state index in [1.807, 2.05) is 6.92 Å². The van der Waals surface area contributed by atoms with Crippen LogP contribution in [0.15, 0.2) is 18.2 Å². The highest BCUT2D eigenvalue weighted by Gasteiger charge is 2.24. The number of ether oxygens (including phenoxy) is 1. The molecule has 2 atom stereocenters. The maximum absolute atomic E-state index is 13.9. The molecule has 1 aliphatic rings. The average molecular weight is 267 g/mol. The summed E-state index contributed by atoms with van der Waals surface area (Å²) in [5.74, 6) is -0.406. The Bertz CT molecular complexity index is 444. The van der Waals surface area contributed by atoms with Crippen molar-refractivity contribution in [3.8, 4) is 0 Å². The van der Waals surface area contributed by atoms with Crippen molar-refractivity contribution in [2.75, 3.05) is 13.2 Å². The molecule has 0 aliphatic carbocycles. The minimum atomic E-state index is -1.63. The van der Waals surface area contributed by atoms with Gasteiger partial charge in [0.2, 0.25) is 0 Å². The van der Waals surface area contributed by atoms with Crippen LogP contribution in [-0.2, 0) is 11.3 Å². The van der Waals surface area contributed by atoms with Crippen molar-refractivity contribution in [2.24, 2.45) is 0 Å². The molecule has 6 heteroatoms. The molecule has 1 aromatic rings. The van der Waals surface area contributed by atoms with Crippen molar-refractivity contribution in [1.82, 2.24) is 4.90 Å². The summed E-state index contributed by atoms with van der Waals surface area (Å²) >= 11 is 0. The molecule has 104 valence electrons. The van der Waals surface area contributed by atoms with Gasteiger partial charge >= 0.3 is 7.12 Å². The summed E-state index contributed by atoms with van der Waals surface area (Å²) in [7, 11) is -1.63. The minimum Gasteiger partial charge on any atom is -0.423 e. The Labute approximate surface area is 113 Å². The van der Waals surface area contributed by atoms with Crippen LogP contribution in [0.5, 0.6) is 0 Å². The lowest BCUT2D eigenvalue weighted by Gasteiger charge is -2.36. The second-order valence-electron chi connectivity index (χ2n) is 5.15. The van der Waals surface area contributed by atoms with Crippen LogP contribution in [0.2, 0.25) is 0 Å². The molecule has 19 heavy (non-hydrogen) atoms. The fraction of sp³-hybridized carbons (Fsp3) is 0.538. The standard InChI is InChI=1S/C13H19BFNO3/c1-9-8-19-10(2)6-16(9)7-11-3-4-12(14(17)18)5-13(11)15/h3-5,9-10,17-18H,6-8H2,1-2H3. The van der Waals surface area contributed by atoms with Gasteiger partial charge in [0, 0.05) is 24.7 Å². The Morgan fingerprint density at radius 3 is 2.79 bits per heavy atom. The fourth-order valence-corrected chi connectivity index (χ4v) is 2.26. The molecular weight excluding hydrogens is 248 g/mol. The van der Waals surface area contributed by atoms with Crippen molar-refractivity contribution in [2.45, 2.75) is 32.5 Å². The smallest absolute Gasteiger partial charge is 0.423 e. The highest BCUT2D eigenvalue weighted by molar-refractivity contribution is 6.58. The third kappa shape index (κ3) is 3.54. The molecule has 0 bridgehead atoms. The Morgan fingerprint density at radius 2 is 2.16 bits per heavy atom. The van der Waals surface area contributed by atoms with Gasteiger partial charge in [-0.1, -0.05) is 12.1 Å². The van der Waals surface area contributed by atoms with Crippen molar-refractivity contribution >= 4 is 12.6 Å². The Balaban J connectivity index is 2.10. The zero-order valence-electron chi connectivity index (χ0n) is 11.2. The van der Waals surface area contributed by atoms with Gasteiger partial charge in [-0.15, -0.1) is 0 Å². The van der Waals surface area contributed by atoms with Crippen LogP contribution in [0.4, 0.5) is 4.39 Å². The zero-order valence-corrected chi connectivity index (χ0v) is 11.2. The van der Waals surface area contributed by atoms with Crippen molar-refractivity contribution in [1.29, 1.82) is 0 Å². The number of hydrogen-bond acceptors (Lipinski definition) is 4. The maximum Gasteiger partial charge on any atom is 0.488 e. The van der Waals surface area contributed by atoms with E-state index in [0.717, 1.165) is 6.54 Å². The molecule has 2 unspecified atom stereocenters. The summed E-state index contributed by atoms with van der Waals surface area (Å²) in [6.07, 6.45) is 0.151. The normalized spacial score (nSPS) is 24.5. The molecule has 0 amide bonds. The first-order valence-electron chi connectivity index (χ1n) is 6.47. The quantitative estimate of drug-likeness (QED) is 0.763. The van der Waals surface area contributed by atoms with E-state index in [2.05, 4.69) is 11.8 Å². The lowest BCUT2D eigenvalue weighted by Crippen LogP contribution is -2.46. The van der Waals surface area contributed by atoms with Crippen LogP contribution in [-0.4, -0.2) is 47.4 Å². The second-order valence-corrected chi connectivity index (χ2v) is 5.15. The summed E-state index contributed by atoms with van der Waals surface area (Å²) in [6.45, 7) is 5.97.